The van der Waals surface area contributed by atoms with Crippen LogP contribution in [-0.4, -0.2) is 42.4 Å². The van der Waals surface area contributed by atoms with Crippen molar-refractivity contribution < 1.29 is 19.1 Å². The lowest BCUT2D eigenvalue weighted by atomic mass is 9.94. The zero-order valence-corrected chi connectivity index (χ0v) is 18.1. The fourth-order valence-corrected chi connectivity index (χ4v) is 4.65. The molecule has 1 N–H and O–H groups in total. The second-order valence-corrected chi connectivity index (χ2v) is 8.46. The van der Waals surface area contributed by atoms with Crippen molar-refractivity contribution in [1.82, 2.24) is 10.2 Å². The van der Waals surface area contributed by atoms with Gasteiger partial charge in [0, 0.05) is 18.9 Å². The van der Waals surface area contributed by atoms with E-state index in [1.54, 1.807) is 0 Å². The van der Waals surface area contributed by atoms with Gasteiger partial charge in [-0.15, -0.1) is 0 Å². The first kappa shape index (κ1) is 20.9. The Balaban J connectivity index is 1.14. The highest BCUT2D eigenvalue weighted by atomic mass is 16.5. The fourth-order valence-electron chi connectivity index (χ4n) is 4.65. The predicted octanol–water partition coefficient (Wildman–Crippen LogP) is 3.68. The number of nitrogens with one attached hydrogen (secondary N) is 1. The number of fused-ring (bicyclic) bond motifs is 3. The van der Waals surface area contributed by atoms with Crippen molar-refractivity contribution in [2.45, 2.75) is 24.9 Å². The molecule has 0 bridgehead atoms. The van der Waals surface area contributed by atoms with Crippen LogP contribution in [0.5, 0.6) is 0 Å². The summed E-state index contributed by atoms with van der Waals surface area (Å²) in [5.74, 6) is 0.116. The van der Waals surface area contributed by atoms with Crippen LogP contribution < -0.4 is 5.32 Å². The summed E-state index contributed by atoms with van der Waals surface area (Å²) in [6.45, 7) is 0.831. The lowest BCUT2D eigenvalue weighted by molar-refractivity contribution is -0.144. The molecule has 0 saturated carbocycles. The van der Waals surface area contributed by atoms with Gasteiger partial charge in [0.15, 0.2) is 5.78 Å². The lowest BCUT2D eigenvalue weighted by Crippen LogP contribution is -2.57. The SMILES string of the molecule is O=CN1CC(=O)[C@@H]1Cc1ccc(CNC(=O)OCC2c3ccccc3-c3ccccc32)cc1. The van der Waals surface area contributed by atoms with E-state index < -0.39 is 6.09 Å². The highest BCUT2D eigenvalue weighted by Gasteiger charge is 2.35. The molecule has 0 radical (unpaired) electrons. The van der Waals surface area contributed by atoms with Crippen LogP contribution in [0.15, 0.2) is 72.8 Å². The Labute approximate surface area is 192 Å². The maximum absolute atomic E-state index is 12.4. The summed E-state index contributed by atoms with van der Waals surface area (Å²) in [5.41, 5.74) is 6.66. The van der Waals surface area contributed by atoms with Crippen molar-refractivity contribution in [2.24, 2.45) is 0 Å². The van der Waals surface area contributed by atoms with Crippen LogP contribution in [0, 0.1) is 0 Å². The topological polar surface area (TPSA) is 75.7 Å². The zero-order chi connectivity index (χ0) is 22.8. The molecule has 0 aromatic heterocycles. The Kier molecular flexibility index (Phi) is 5.65. The van der Waals surface area contributed by atoms with Crippen LogP contribution in [0.4, 0.5) is 4.79 Å². The van der Waals surface area contributed by atoms with Gasteiger partial charge in [0.05, 0.1) is 12.6 Å². The first-order chi connectivity index (χ1) is 16.1. The maximum Gasteiger partial charge on any atom is 0.407 e. The number of hydrogen-bond acceptors (Lipinski definition) is 4. The third-order valence-corrected chi connectivity index (χ3v) is 6.48. The van der Waals surface area contributed by atoms with Crippen molar-refractivity contribution in [2.75, 3.05) is 13.2 Å². The number of nitrogens with zero attached hydrogens (tertiary/aromatic N) is 1. The second-order valence-electron chi connectivity index (χ2n) is 8.46. The average Bonchev–Trinajstić information content (AvgIpc) is 3.17. The van der Waals surface area contributed by atoms with Gasteiger partial charge >= 0.3 is 6.09 Å². The van der Waals surface area contributed by atoms with E-state index in [1.807, 2.05) is 48.5 Å². The second kappa shape index (κ2) is 8.90. The van der Waals surface area contributed by atoms with Gasteiger partial charge in [-0.05, 0) is 33.4 Å². The third-order valence-electron chi connectivity index (χ3n) is 6.48. The van der Waals surface area contributed by atoms with Crippen LogP contribution >= 0.6 is 0 Å². The van der Waals surface area contributed by atoms with E-state index in [0.717, 1.165) is 17.5 Å². The van der Waals surface area contributed by atoms with E-state index >= 15 is 0 Å². The number of Topliss-reactive ketones (excluding diaryl/α,β-unsaturated/α-hetero) is 1. The number of ether oxygens (including phenoxy) is 1. The van der Waals surface area contributed by atoms with E-state index in [1.165, 1.54) is 27.2 Å². The summed E-state index contributed by atoms with van der Waals surface area (Å²) in [5, 5.41) is 2.81. The number of amides is 2. The summed E-state index contributed by atoms with van der Waals surface area (Å²) in [6.07, 6.45) is 0.777. The van der Waals surface area contributed by atoms with Crippen LogP contribution in [0.2, 0.25) is 0 Å². The first-order valence-electron chi connectivity index (χ1n) is 11.0. The number of benzene rings is 3. The highest BCUT2D eigenvalue weighted by molar-refractivity contribution is 5.95. The normalized spacial score (nSPS) is 16.5. The standard InChI is InChI=1S/C27H24N2O4/c30-17-29-15-26(31)25(29)13-18-9-11-19(12-10-18)14-28-27(32)33-16-24-22-7-3-1-5-20(22)21-6-2-4-8-23(21)24/h1-12,17,24-25H,13-16H2,(H,28,32)/t25-/m0/s1. The number of hydrogen-bond donors (Lipinski definition) is 1. The monoisotopic (exact) mass is 440 g/mol. The largest absolute Gasteiger partial charge is 0.449 e. The maximum atomic E-state index is 12.4. The Morgan fingerprint density at radius 3 is 2.15 bits per heavy atom. The highest BCUT2D eigenvalue weighted by Crippen LogP contribution is 2.44. The Hall–Kier alpha value is -3.93. The van der Waals surface area contributed by atoms with Crippen LogP contribution in [0.1, 0.15) is 28.2 Å². The van der Waals surface area contributed by atoms with Crippen molar-refractivity contribution in [3.05, 3.63) is 95.1 Å². The van der Waals surface area contributed by atoms with Crippen molar-refractivity contribution in [3.63, 3.8) is 0 Å². The van der Waals surface area contributed by atoms with E-state index in [9.17, 15) is 14.4 Å². The first-order valence-corrected chi connectivity index (χ1v) is 11.0. The number of rotatable bonds is 7. The van der Waals surface area contributed by atoms with Gasteiger partial charge in [-0.1, -0.05) is 72.8 Å². The molecule has 0 unspecified atom stereocenters. The predicted molar refractivity (Wildman–Crippen MR) is 124 cm³/mol. The van der Waals surface area contributed by atoms with Crippen molar-refractivity contribution >= 4 is 18.3 Å². The third kappa shape index (κ3) is 4.12. The molecule has 1 aliphatic heterocycles. The molecule has 1 aliphatic carbocycles. The summed E-state index contributed by atoms with van der Waals surface area (Å²) in [4.78, 5) is 36.5. The van der Waals surface area contributed by atoms with Gasteiger partial charge in [-0.2, -0.15) is 0 Å². The molecule has 1 saturated heterocycles. The molecule has 2 amide bonds. The smallest absolute Gasteiger partial charge is 0.407 e. The molecule has 3 aromatic rings. The number of ketones is 1. The molecule has 1 fully saturated rings. The summed E-state index contributed by atoms with van der Waals surface area (Å²) in [7, 11) is 0. The minimum Gasteiger partial charge on any atom is -0.449 e. The molecule has 6 nitrogen and oxygen atoms in total. The molecule has 2 aliphatic rings. The molecule has 166 valence electrons. The molecule has 33 heavy (non-hydrogen) atoms. The molecule has 3 aromatic carbocycles. The van der Waals surface area contributed by atoms with Gasteiger partial charge in [0.2, 0.25) is 6.41 Å². The quantitative estimate of drug-likeness (QED) is 0.569. The molecule has 6 heteroatoms. The minimum atomic E-state index is -0.456. The minimum absolute atomic E-state index is 0.0302. The summed E-state index contributed by atoms with van der Waals surface area (Å²) < 4.78 is 5.57. The van der Waals surface area contributed by atoms with Gasteiger partial charge in [-0.25, -0.2) is 4.79 Å². The fraction of sp³-hybridized carbons (Fsp3) is 0.222. The van der Waals surface area contributed by atoms with Gasteiger partial charge in [-0.3, -0.25) is 9.59 Å². The van der Waals surface area contributed by atoms with E-state index in [0.29, 0.717) is 13.0 Å². The zero-order valence-electron chi connectivity index (χ0n) is 18.1. The van der Waals surface area contributed by atoms with E-state index in [-0.39, 0.29) is 30.9 Å². The Morgan fingerprint density at radius 1 is 0.939 bits per heavy atom. The Morgan fingerprint density at radius 2 is 1.55 bits per heavy atom. The number of carbonyl (C=O) groups excluding carboxylic acids is 3. The van der Waals surface area contributed by atoms with E-state index in [2.05, 4.69) is 29.6 Å². The van der Waals surface area contributed by atoms with Crippen molar-refractivity contribution in [1.29, 1.82) is 0 Å². The number of alkyl carbamates (subject to hydrolysis) is 1. The molecule has 0 spiro atoms. The van der Waals surface area contributed by atoms with Gasteiger partial charge < -0.3 is 15.0 Å². The van der Waals surface area contributed by atoms with Gasteiger partial charge in [0.1, 0.15) is 6.61 Å². The summed E-state index contributed by atoms with van der Waals surface area (Å²) in [6, 6.07) is 23.8. The molecular weight excluding hydrogens is 416 g/mol. The summed E-state index contributed by atoms with van der Waals surface area (Å²) >= 11 is 0. The average molecular weight is 440 g/mol. The molecule has 1 atom stereocenters. The van der Waals surface area contributed by atoms with Crippen LogP contribution in [0.3, 0.4) is 0 Å². The molecule has 5 rings (SSSR count). The number of likely N-dealkylation sites (tertiary alicyclic amines) is 1. The van der Waals surface area contributed by atoms with Crippen LogP contribution in [-0.2, 0) is 27.3 Å². The lowest BCUT2D eigenvalue weighted by Gasteiger charge is -2.36. The van der Waals surface area contributed by atoms with Gasteiger partial charge in [0.25, 0.3) is 0 Å². The molecular formula is C27H24N2O4. The van der Waals surface area contributed by atoms with Crippen LogP contribution in [0.25, 0.3) is 11.1 Å². The Bertz CT molecular complexity index is 1160. The van der Waals surface area contributed by atoms with Crippen molar-refractivity contribution in [3.8, 4) is 11.1 Å². The number of carbonyl (C=O) groups is 3. The molecule has 1 heterocycles. The van der Waals surface area contributed by atoms with E-state index in [4.69, 9.17) is 4.74 Å².